The Bertz CT molecular complexity index is 746. The van der Waals surface area contributed by atoms with Crippen LogP contribution in [0.5, 0.6) is 5.75 Å². The molecule has 0 unspecified atom stereocenters. The number of nitrogens with one attached hydrogen (secondary N) is 1. The molecule has 4 rings (SSSR count). The molecule has 1 atom stereocenters. The fourth-order valence-corrected chi connectivity index (χ4v) is 5.30. The molecule has 2 aromatic carbocycles. The van der Waals surface area contributed by atoms with Crippen molar-refractivity contribution in [3.8, 4) is 5.75 Å². The van der Waals surface area contributed by atoms with E-state index in [4.69, 9.17) is 4.74 Å². The second-order valence-electron chi connectivity index (χ2n) is 8.89. The number of ether oxygens (including phenoxy) is 1. The van der Waals surface area contributed by atoms with Gasteiger partial charge in [0.25, 0.3) is 0 Å². The Kier molecular flexibility index (Phi) is 10.6. The molecule has 0 aromatic heterocycles. The highest BCUT2D eigenvalue weighted by atomic mass is 35.5. The van der Waals surface area contributed by atoms with Crippen molar-refractivity contribution in [2.24, 2.45) is 5.92 Å². The fourth-order valence-electron chi connectivity index (χ4n) is 5.30. The number of halogens is 2. The molecule has 2 fully saturated rings. The third-order valence-corrected chi connectivity index (χ3v) is 6.69. The number of nitrogens with zero attached hydrogens (tertiary/aromatic N) is 1. The van der Waals surface area contributed by atoms with Crippen LogP contribution in [-0.4, -0.2) is 31.1 Å². The van der Waals surface area contributed by atoms with Crippen molar-refractivity contribution in [1.29, 1.82) is 0 Å². The molecule has 1 aliphatic carbocycles. The first-order valence-electron chi connectivity index (χ1n) is 11.4. The molecule has 0 spiro atoms. The lowest BCUT2D eigenvalue weighted by Gasteiger charge is -2.41. The Morgan fingerprint density at radius 1 is 0.935 bits per heavy atom. The van der Waals surface area contributed by atoms with Crippen molar-refractivity contribution in [3.05, 3.63) is 64.7 Å². The number of benzene rings is 2. The first kappa shape index (κ1) is 26.0. The lowest BCUT2D eigenvalue weighted by Crippen LogP contribution is -2.47. The molecule has 0 bridgehead atoms. The average Bonchev–Trinajstić information content (AvgIpc) is 2.76. The van der Waals surface area contributed by atoms with Crippen molar-refractivity contribution < 1.29 is 4.74 Å². The van der Waals surface area contributed by atoms with Gasteiger partial charge in [-0.25, -0.2) is 0 Å². The van der Waals surface area contributed by atoms with Crippen LogP contribution in [0.25, 0.3) is 0 Å². The Labute approximate surface area is 200 Å². The molecule has 0 radical (unpaired) electrons. The Hall–Kier alpha value is -1.26. The lowest BCUT2D eigenvalue weighted by molar-refractivity contribution is 0.103. The summed E-state index contributed by atoms with van der Waals surface area (Å²) in [6.07, 6.45) is 6.94. The first-order chi connectivity index (χ1) is 14.2. The van der Waals surface area contributed by atoms with Gasteiger partial charge in [0.15, 0.2) is 0 Å². The summed E-state index contributed by atoms with van der Waals surface area (Å²) < 4.78 is 6.26. The van der Waals surface area contributed by atoms with E-state index in [1.807, 2.05) is 0 Å². The van der Waals surface area contributed by atoms with Gasteiger partial charge in [-0.05, 0) is 54.9 Å². The van der Waals surface area contributed by atoms with E-state index < -0.39 is 0 Å². The van der Waals surface area contributed by atoms with E-state index in [0.29, 0.717) is 12.6 Å². The van der Waals surface area contributed by atoms with Crippen molar-refractivity contribution in [3.63, 3.8) is 0 Å². The summed E-state index contributed by atoms with van der Waals surface area (Å²) in [5.41, 5.74) is 5.26. The largest absolute Gasteiger partial charge is 0.488 e. The zero-order valence-corrected chi connectivity index (χ0v) is 20.6. The molecule has 1 aliphatic heterocycles. The van der Waals surface area contributed by atoms with E-state index in [0.717, 1.165) is 37.8 Å². The summed E-state index contributed by atoms with van der Waals surface area (Å²) in [6.45, 7) is 9.60. The average molecular weight is 466 g/mol. The predicted octanol–water partition coefficient (Wildman–Crippen LogP) is 6.25. The van der Waals surface area contributed by atoms with Crippen LogP contribution in [0.15, 0.2) is 42.5 Å². The number of rotatable bonds is 6. The number of piperazine rings is 1. The van der Waals surface area contributed by atoms with Crippen LogP contribution >= 0.6 is 24.8 Å². The summed E-state index contributed by atoms with van der Waals surface area (Å²) in [6, 6.07) is 15.8. The van der Waals surface area contributed by atoms with E-state index in [1.165, 1.54) is 54.4 Å². The van der Waals surface area contributed by atoms with Crippen LogP contribution in [0.3, 0.4) is 0 Å². The van der Waals surface area contributed by atoms with Crippen molar-refractivity contribution in [1.82, 2.24) is 10.2 Å². The van der Waals surface area contributed by atoms with E-state index in [2.05, 4.69) is 66.5 Å². The number of aryl methyl sites for hydroxylation is 2. The van der Waals surface area contributed by atoms with Gasteiger partial charge >= 0.3 is 0 Å². The molecule has 3 nitrogen and oxygen atoms in total. The fraction of sp³-hybridized carbons (Fsp3) is 0.538. The van der Waals surface area contributed by atoms with Gasteiger partial charge in [0.2, 0.25) is 0 Å². The highest BCUT2D eigenvalue weighted by molar-refractivity contribution is 5.85. The van der Waals surface area contributed by atoms with Gasteiger partial charge in [-0.3, -0.25) is 4.90 Å². The maximum absolute atomic E-state index is 6.26. The molecular weight excluding hydrogens is 427 g/mol. The topological polar surface area (TPSA) is 24.5 Å². The summed E-state index contributed by atoms with van der Waals surface area (Å²) >= 11 is 0. The van der Waals surface area contributed by atoms with Crippen LogP contribution in [-0.2, 0) is 6.61 Å². The van der Waals surface area contributed by atoms with Crippen LogP contribution in [0.4, 0.5) is 0 Å². The third kappa shape index (κ3) is 6.61. The zero-order valence-electron chi connectivity index (χ0n) is 18.9. The van der Waals surface area contributed by atoms with Gasteiger partial charge in [0, 0.05) is 32.2 Å². The van der Waals surface area contributed by atoms with Gasteiger partial charge in [-0.15, -0.1) is 24.8 Å². The summed E-state index contributed by atoms with van der Waals surface area (Å²) in [7, 11) is 0. The van der Waals surface area contributed by atoms with E-state index >= 15 is 0 Å². The van der Waals surface area contributed by atoms with Crippen molar-refractivity contribution in [2.75, 3.05) is 26.2 Å². The van der Waals surface area contributed by atoms with E-state index in [9.17, 15) is 0 Å². The predicted molar refractivity (Wildman–Crippen MR) is 135 cm³/mol. The monoisotopic (exact) mass is 464 g/mol. The minimum absolute atomic E-state index is 0. The van der Waals surface area contributed by atoms with Gasteiger partial charge in [-0.1, -0.05) is 61.7 Å². The minimum atomic E-state index is 0. The lowest BCUT2D eigenvalue weighted by atomic mass is 9.79. The van der Waals surface area contributed by atoms with Gasteiger partial charge in [0.1, 0.15) is 12.4 Å². The molecule has 0 amide bonds. The Morgan fingerprint density at radius 3 is 2.16 bits per heavy atom. The maximum Gasteiger partial charge on any atom is 0.125 e. The quantitative estimate of drug-likeness (QED) is 0.546. The molecular formula is C26H38Cl2N2O. The van der Waals surface area contributed by atoms with Crippen LogP contribution in [0.1, 0.15) is 60.4 Å². The third-order valence-electron chi connectivity index (χ3n) is 6.69. The van der Waals surface area contributed by atoms with E-state index in [1.54, 1.807) is 0 Å². The Morgan fingerprint density at radius 2 is 1.55 bits per heavy atom. The highest BCUT2D eigenvalue weighted by Gasteiger charge is 2.31. The van der Waals surface area contributed by atoms with Crippen molar-refractivity contribution in [2.45, 2.75) is 58.6 Å². The maximum atomic E-state index is 6.26. The van der Waals surface area contributed by atoms with E-state index in [-0.39, 0.29) is 24.8 Å². The SMILES string of the molecule is Cc1cc([C@H](C2CCCCC2)N2CCNCC2)cc(C)c1OCc1ccccc1.Cl.Cl. The summed E-state index contributed by atoms with van der Waals surface area (Å²) in [5, 5.41) is 3.53. The first-order valence-corrected chi connectivity index (χ1v) is 11.4. The summed E-state index contributed by atoms with van der Waals surface area (Å²) in [5.74, 6) is 1.84. The van der Waals surface area contributed by atoms with Crippen LogP contribution in [0.2, 0.25) is 0 Å². The number of hydrogen-bond donors (Lipinski definition) is 1. The van der Waals surface area contributed by atoms with Gasteiger partial charge in [0.05, 0.1) is 0 Å². The molecule has 31 heavy (non-hydrogen) atoms. The summed E-state index contributed by atoms with van der Waals surface area (Å²) in [4.78, 5) is 2.74. The highest BCUT2D eigenvalue weighted by Crippen LogP contribution is 2.40. The van der Waals surface area contributed by atoms with Gasteiger partial charge in [-0.2, -0.15) is 0 Å². The molecule has 2 aromatic rings. The van der Waals surface area contributed by atoms with Crippen LogP contribution < -0.4 is 10.1 Å². The molecule has 1 N–H and O–H groups in total. The molecule has 1 heterocycles. The molecule has 172 valence electrons. The second-order valence-corrected chi connectivity index (χ2v) is 8.89. The Balaban J connectivity index is 0.00000171. The standard InChI is InChI=1S/C26H36N2O.2ClH/c1-20-17-24(18-21(2)26(20)29-19-22-9-5-3-6-10-22)25(23-11-7-4-8-12-23)28-15-13-27-14-16-28;;/h3,5-6,9-10,17-18,23,25,27H,4,7-8,11-16,19H2,1-2H3;2*1H/t25-;;/m0../s1. The van der Waals surface area contributed by atoms with Crippen molar-refractivity contribution >= 4 is 24.8 Å². The van der Waals surface area contributed by atoms with Crippen LogP contribution in [0, 0.1) is 19.8 Å². The zero-order chi connectivity index (χ0) is 20.1. The number of hydrogen-bond acceptors (Lipinski definition) is 3. The normalized spacial score (nSPS) is 18.5. The molecule has 5 heteroatoms. The smallest absolute Gasteiger partial charge is 0.125 e. The molecule has 1 saturated heterocycles. The molecule has 2 aliphatic rings. The second kappa shape index (κ2) is 12.7. The van der Waals surface area contributed by atoms with Gasteiger partial charge < -0.3 is 10.1 Å². The molecule has 1 saturated carbocycles. The minimum Gasteiger partial charge on any atom is -0.488 e.